The molecule has 19 heavy (non-hydrogen) atoms. The fourth-order valence-electron chi connectivity index (χ4n) is 1.74. The zero-order valence-corrected chi connectivity index (χ0v) is 13.1. The van der Waals surface area contributed by atoms with Crippen LogP contribution in [-0.4, -0.2) is 12.2 Å². The van der Waals surface area contributed by atoms with Crippen LogP contribution in [0.4, 0.5) is 5.69 Å². The second-order valence-electron chi connectivity index (χ2n) is 4.14. The highest BCUT2D eigenvalue weighted by molar-refractivity contribution is 9.10. The van der Waals surface area contributed by atoms with Crippen molar-refractivity contribution >= 4 is 39.3 Å². The van der Waals surface area contributed by atoms with E-state index in [9.17, 15) is 4.79 Å². The van der Waals surface area contributed by atoms with Gasteiger partial charge in [-0.15, -0.1) is 11.8 Å². The van der Waals surface area contributed by atoms with Gasteiger partial charge in [-0.05, 0) is 58.9 Å². The van der Waals surface area contributed by atoms with Crippen LogP contribution in [0.1, 0.15) is 15.9 Å². The molecule has 2 aromatic rings. The normalized spacial score (nSPS) is 10.3. The van der Waals surface area contributed by atoms with Crippen LogP contribution in [-0.2, 0) is 0 Å². The predicted molar refractivity (Wildman–Crippen MR) is 85.1 cm³/mol. The smallest absolute Gasteiger partial charge is 0.256 e. The minimum atomic E-state index is -0.103. The van der Waals surface area contributed by atoms with Gasteiger partial charge >= 0.3 is 0 Å². The molecule has 0 saturated heterocycles. The van der Waals surface area contributed by atoms with Crippen LogP contribution in [0, 0.1) is 6.92 Å². The van der Waals surface area contributed by atoms with E-state index < -0.39 is 0 Å². The Bertz CT molecular complexity index is 613. The monoisotopic (exact) mass is 335 g/mol. The van der Waals surface area contributed by atoms with Crippen molar-refractivity contribution in [1.82, 2.24) is 0 Å². The lowest BCUT2D eigenvalue weighted by molar-refractivity contribution is 0.102. The number of benzene rings is 2. The molecular formula is C15H14BrNOS. The number of hydrogen-bond donors (Lipinski definition) is 1. The van der Waals surface area contributed by atoms with Gasteiger partial charge in [-0.2, -0.15) is 0 Å². The predicted octanol–water partition coefficient (Wildman–Crippen LogP) is 4.73. The topological polar surface area (TPSA) is 29.1 Å². The highest BCUT2D eigenvalue weighted by Crippen LogP contribution is 2.26. The summed E-state index contributed by atoms with van der Waals surface area (Å²) >= 11 is 5.04. The molecule has 2 nitrogen and oxygen atoms in total. The number of amides is 1. The quantitative estimate of drug-likeness (QED) is 0.821. The summed E-state index contributed by atoms with van der Waals surface area (Å²) in [6.07, 6.45) is 1.99. The Morgan fingerprint density at radius 3 is 2.63 bits per heavy atom. The Labute approximate surface area is 125 Å². The minimum Gasteiger partial charge on any atom is -0.321 e. The van der Waals surface area contributed by atoms with Crippen molar-refractivity contribution in [2.24, 2.45) is 0 Å². The number of carbonyl (C=O) groups excluding carboxylic acids is 1. The maximum absolute atomic E-state index is 12.3. The molecule has 0 aromatic heterocycles. The molecule has 0 bridgehead atoms. The number of hydrogen-bond acceptors (Lipinski definition) is 2. The molecule has 2 rings (SSSR count). The lowest BCUT2D eigenvalue weighted by Gasteiger charge is -2.10. The van der Waals surface area contributed by atoms with Gasteiger partial charge in [0.1, 0.15) is 0 Å². The second-order valence-corrected chi connectivity index (χ2v) is 5.84. The fourth-order valence-corrected chi connectivity index (χ4v) is 2.97. The van der Waals surface area contributed by atoms with E-state index in [1.807, 2.05) is 55.6 Å². The Hall–Kier alpha value is -1.26. The van der Waals surface area contributed by atoms with Gasteiger partial charge in [-0.3, -0.25) is 4.79 Å². The van der Waals surface area contributed by atoms with E-state index >= 15 is 0 Å². The summed E-state index contributed by atoms with van der Waals surface area (Å²) in [4.78, 5) is 13.3. The highest BCUT2D eigenvalue weighted by Gasteiger charge is 2.11. The number of aryl methyl sites for hydroxylation is 1. The third-order valence-electron chi connectivity index (χ3n) is 2.72. The van der Waals surface area contributed by atoms with E-state index in [0.717, 1.165) is 20.6 Å². The van der Waals surface area contributed by atoms with Crippen LogP contribution >= 0.6 is 27.7 Å². The highest BCUT2D eigenvalue weighted by atomic mass is 79.9. The average Bonchev–Trinajstić information content (AvgIpc) is 2.39. The Balaban J connectivity index is 2.26. The molecule has 0 aliphatic carbocycles. The molecule has 2 aromatic carbocycles. The van der Waals surface area contributed by atoms with E-state index in [1.54, 1.807) is 11.8 Å². The van der Waals surface area contributed by atoms with Gasteiger partial charge in [0.2, 0.25) is 0 Å². The van der Waals surface area contributed by atoms with E-state index in [-0.39, 0.29) is 5.91 Å². The minimum absolute atomic E-state index is 0.103. The van der Waals surface area contributed by atoms with E-state index in [1.165, 1.54) is 0 Å². The number of carbonyl (C=O) groups is 1. The molecule has 0 heterocycles. The standard InChI is InChI=1S/C15H14BrNOS/c1-10-7-8-11(12(16)9-10)15(18)17-13-5-3-4-6-14(13)19-2/h3-9H,1-2H3,(H,17,18). The van der Waals surface area contributed by atoms with Gasteiger partial charge in [0.05, 0.1) is 11.3 Å². The van der Waals surface area contributed by atoms with Crippen LogP contribution in [0.25, 0.3) is 0 Å². The molecule has 4 heteroatoms. The van der Waals surface area contributed by atoms with Gasteiger partial charge in [0.25, 0.3) is 5.91 Å². The Morgan fingerprint density at radius 2 is 1.95 bits per heavy atom. The van der Waals surface area contributed by atoms with Crippen molar-refractivity contribution in [3.05, 3.63) is 58.1 Å². The number of halogens is 1. The number of para-hydroxylation sites is 1. The number of thioether (sulfide) groups is 1. The van der Waals surface area contributed by atoms with E-state index in [0.29, 0.717) is 5.56 Å². The first kappa shape index (κ1) is 14.2. The summed E-state index contributed by atoms with van der Waals surface area (Å²) in [5.41, 5.74) is 2.60. The first-order chi connectivity index (χ1) is 9.11. The molecule has 1 amide bonds. The fraction of sp³-hybridized carbons (Fsp3) is 0.133. The van der Waals surface area contributed by atoms with E-state index in [2.05, 4.69) is 21.2 Å². The Morgan fingerprint density at radius 1 is 1.21 bits per heavy atom. The van der Waals surface area contributed by atoms with Crippen LogP contribution in [0.2, 0.25) is 0 Å². The molecule has 0 radical (unpaired) electrons. The molecule has 0 aliphatic rings. The third-order valence-corrected chi connectivity index (χ3v) is 4.18. The molecule has 0 saturated carbocycles. The number of anilines is 1. The SMILES string of the molecule is CSc1ccccc1NC(=O)c1ccc(C)cc1Br. The van der Waals surface area contributed by atoms with Crippen LogP contribution in [0.5, 0.6) is 0 Å². The lowest BCUT2D eigenvalue weighted by Crippen LogP contribution is -2.13. The van der Waals surface area contributed by atoms with Crippen LogP contribution in [0.15, 0.2) is 51.8 Å². The molecule has 0 atom stereocenters. The maximum Gasteiger partial charge on any atom is 0.256 e. The Kier molecular flexibility index (Phi) is 4.66. The first-order valence-electron chi connectivity index (χ1n) is 5.82. The van der Waals surface area contributed by atoms with Gasteiger partial charge < -0.3 is 5.32 Å². The molecule has 0 spiro atoms. The van der Waals surface area contributed by atoms with Crippen molar-refractivity contribution in [3.8, 4) is 0 Å². The van der Waals surface area contributed by atoms with Gasteiger partial charge in [-0.1, -0.05) is 18.2 Å². The molecule has 0 fully saturated rings. The van der Waals surface area contributed by atoms with E-state index in [4.69, 9.17) is 0 Å². The van der Waals surface area contributed by atoms with Crippen LogP contribution < -0.4 is 5.32 Å². The zero-order chi connectivity index (χ0) is 13.8. The van der Waals surface area contributed by atoms with Crippen molar-refractivity contribution < 1.29 is 4.79 Å². The first-order valence-corrected chi connectivity index (χ1v) is 7.84. The van der Waals surface area contributed by atoms with Gasteiger partial charge in [0.15, 0.2) is 0 Å². The summed E-state index contributed by atoms with van der Waals surface area (Å²) in [5.74, 6) is -0.103. The molecule has 1 N–H and O–H groups in total. The lowest BCUT2D eigenvalue weighted by atomic mass is 10.1. The maximum atomic E-state index is 12.3. The average molecular weight is 336 g/mol. The third kappa shape index (κ3) is 3.39. The van der Waals surface area contributed by atoms with Gasteiger partial charge in [0, 0.05) is 9.37 Å². The van der Waals surface area contributed by atoms with Crippen molar-refractivity contribution in [1.29, 1.82) is 0 Å². The van der Waals surface area contributed by atoms with Crippen molar-refractivity contribution in [2.75, 3.05) is 11.6 Å². The van der Waals surface area contributed by atoms with Crippen molar-refractivity contribution in [3.63, 3.8) is 0 Å². The zero-order valence-electron chi connectivity index (χ0n) is 10.7. The summed E-state index contributed by atoms with van der Waals surface area (Å²) in [6.45, 7) is 2.00. The molecule has 98 valence electrons. The second kappa shape index (κ2) is 6.26. The van der Waals surface area contributed by atoms with Gasteiger partial charge in [-0.25, -0.2) is 0 Å². The number of nitrogens with one attached hydrogen (secondary N) is 1. The number of rotatable bonds is 3. The van der Waals surface area contributed by atoms with Crippen molar-refractivity contribution in [2.45, 2.75) is 11.8 Å². The summed E-state index contributed by atoms with van der Waals surface area (Å²) in [7, 11) is 0. The molecule has 0 unspecified atom stereocenters. The largest absolute Gasteiger partial charge is 0.321 e. The summed E-state index contributed by atoms with van der Waals surface area (Å²) < 4.78 is 0.812. The summed E-state index contributed by atoms with van der Waals surface area (Å²) in [5, 5.41) is 2.95. The van der Waals surface area contributed by atoms with Crippen LogP contribution in [0.3, 0.4) is 0 Å². The molecular weight excluding hydrogens is 322 g/mol. The molecule has 0 aliphatic heterocycles. The summed E-state index contributed by atoms with van der Waals surface area (Å²) in [6, 6.07) is 13.5.